The van der Waals surface area contributed by atoms with Crippen molar-refractivity contribution in [2.75, 3.05) is 39.9 Å². The molecule has 25 heavy (non-hydrogen) atoms. The van der Waals surface area contributed by atoms with Crippen LogP contribution in [-0.4, -0.2) is 62.8 Å². The van der Waals surface area contributed by atoms with Crippen LogP contribution in [0.1, 0.15) is 18.5 Å². The van der Waals surface area contributed by atoms with E-state index < -0.39 is 6.03 Å². The second-order valence-electron chi connectivity index (χ2n) is 6.09. The molecular weight excluding hydrogens is 344 g/mol. The van der Waals surface area contributed by atoms with Crippen molar-refractivity contribution in [1.82, 2.24) is 20.9 Å². The molecule has 8 heteroatoms. The summed E-state index contributed by atoms with van der Waals surface area (Å²) in [5, 5.41) is 9.01. The predicted molar refractivity (Wildman–Crippen MR) is 96.6 cm³/mol. The summed E-state index contributed by atoms with van der Waals surface area (Å²) in [5.74, 6) is -0.346. The van der Waals surface area contributed by atoms with E-state index in [1.807, 2.05) is 29.2 Å². The summed E-state index contributed by atoms with van der Waals surface area (Å²) >= 11 is 6.30. The van der Waals surface area contributed by atoms with Crippen LogP contribution in [0, 0.1) is 0 Å². The maximum Gasteiger partial charge on any atom is 0.321 e. The first-order chi connectivity index (χ1) is 12.0. The first-order valence-corrected chi connectivity index (χ1v) is 8.67. The largest absolute Gasteiger partial charge is 0.383 e. The molecule has 2 rings (SSSR count). The number of imide groups is 1. The van der Waals surface area contributed by atoms with Crippen molar-refractivity contribution in [1.29, 1.82) is 0 Å². The predicted octanol–water partition coefficient (Wildman–Crippen LogP) is 1.15. The smallest absolute Gasteiger partial charge is 0.321 e. The Bertz CT molecular complexity index is 599. The first kappa shape index (κ1) is 19.7. The molecule has 2 atom stereocenters. The van der Waals surface area contributed by atoms with Crippen LogP contribution in [0.3, 0.4) is 0 Å². The molecule has 0 aromatic heterocycles. The first-order valence-electron chi connectivity index (χ1n) is 8.29. The molecule has 0 radical (unpaired) electrons. The van der Waals surface area contributed by atoms with Crippen molar-refractivity contribution in [3.63, 3.8) is 0 Å². The molecule has 0 saturated carbocycles. The van der Waals surface area contributed by atoms with E-state index in [1.54, 1.807) is 14.0 Å². The Labute approximate surface area is 153 Å². The molecule has 3 N–H and O–H groups in total. The molecule has 2 unspecified atom stereocenters. The second kappa shape index (κ2) is 9.72. The number of carbonyl (C=O) groups excluding carboxylic acids is 2. The molecule has 1 heterocycles. The SMILES string of the molecule is COCC(C)NC(=O)NC(=O)CN1CCNCC1c1ccccc1Cl. The van der Waals surface area contributed by atoms with Crippen molar-refractivity contribution < 1.29 is 14.3 Å². The van der Waals surface area contributed by atoms with Gasteiger partial charge in [-0.25, -0.2) is 4.79 Å². The molecule has 1 saturated heterocycles. The van der Waals surface area contributed by atoms with Gasteiger partial charge in [0.2, 0.25) is 5.91 Å². The van der Waals surface area contributed by atoms with Crippen molar-refractivity contribution in [2.24, 2.45) is 0 Å². The summed E-state index contributed by atoms with van der Waals surface area (Å²) in [7, 11) is 1.56. The van der Waals surface area contributed by atoms with Crippen molar-refractivity contribution in [3.05, 3.63) is 34.9 Å². The van der Waals surface area contributed by atoms with Crippen LogP contribution in [0.2, 0.25) is 5.02 Å². The molecule has 1 aromatic carbocycles. The molecule has 0 bridgehead atoms. The molecule has 3 amide bonds. The van der Waals surface area contributed by atoms with Gasteiger partial charge in [0, 0.05) is 37.8 Å². The van der Waals surface area contributed by atoms with Crippen LogP contribution in [-0.2, 0) is 9.53 Å². The minimum atomic E-state index is -0.515. The lowest BCUT2D eigenvalue weighted by molar-refractivity contribution is -0.122. The van der Waals surface area contributed by atoms with E-state index >= 15 is 0 Å². The van der Waals surface area contributed by atoms with Gasteiger partial charge < -0.3 is 15.4 Å². The summed E-state index contributed by atoms with van der Waals surface area (Å²) in [4.78, 5) is 26.1. The summed E-state index contributed by atoms with van der Waals surface area (Å²) in [6.45, 7) is 4.50. The van der Waals surface area contributed by atoms with Crippen LogP contribution < -0.4 is 16.0 Å². The number of amides is 3. The third-order valence-electron chi connectivity index (χ3n) is 4.01. The third-order valence-corrected chi connectivity index (χ3v) is 4.36. The van der Waals surface area contributed by atoms with E-state index in [-0.39, 0.29) is 24.5 Å². The van der Waals surface area contributed by atoms with Crippen molar-refractivity contribution in [3.8, 4) is 0 Å². The Morgan fingerprint density at radius 1 is 1.44 bits per heavy atom. The second-order valence-corrected chi connectivity index (χ2v) is 6.50. The van der Waals surface area contributed by atoms with Gasteiger partial charge in [0.25, 0.3) is 0 Å². The number of hydrogen-bond acceptors (Lipinski definition) is 5. The fourth-order valence-corrected chi connectivity index (χ4v) is 3.15. The van der Waals surface area contributed by atoms with Gasteiger partial charge in [-0.1, -0.05) is 29.8 Å². The lowest BCUT2D eigenvalue weighted by Gasteiger charge is -2.36. The lowest BCUT2D eigenvalue weighted by Crippen LogP contribution is -2.52. The van der Waals surface area contributed by atoms with Gasteiger partial charge in [-0.2, -0.15) is 0 Å². The number of halogens is 1. The normalized spacial score (nSPS) is 19.2. The number of rotatable bonds is 6. The van der Waals surface area contributed by atoms with Crippen molar-refractivity contribution in [2.45, 2.75) is 19.0 Å². The van der Waals surface area contributed by atoms with E-state index in [0.717, 1.165) is 12.1 Å². The summed E-state index contributed by atoms with van der Waals surface area (Å²) in [5.41, 5.74) is 0.974. The van der Waals surface area contributed by atoms with E-state index in [1.165, 1.54) is 0 Å². The van der Waals surface area contributed by atoms with E-state index in [4.69, 9.17) is 16.3 Å². The highest BCUT2D eigenvalue weighted by Gasteiger charge is 2.27. The zero-order valence-electron chi connectivity index (χ0n) is 14.5. The van der Waals surface area contributed by atoms with Crippen LogP contribution in [0.15, 0.2) is 24.3 Å². The maximum atomic E-state index is 12.2. The minimum absolute atomic E-state index is 0.0105. The average Bonchev–Trinajstić information content (AvgIpc) is 2.56. The maximum absolute atomic E-state index is 12.2. The molecule has 7 nitrogen and oxygen atoms in total. The number of nitrogens with zero attached hydrogens (tertiary/aromatic N) is 1. The van der Waals surface area contributed by atoms with Gasteiger partial charge in [-0.05, 0) is 18.6 Å². The molecule has 0 spiro atoms. The van der Waals surface area contributed by atoms with Crippen LogP contribution in [0.4, 0.5) is 4.79 Å². The average molecular weight is 369 g/mol. The highest BCUT2D eigenvalue weighted by molar-refractivity contribution is 6.31. The lowest BCUT2D eigenvalue weighted by atomic mass is 10.0. The molecule has 1 aromatic rings. The summed E-state index contributed by atoms with van der Waals surface area (Å²) in [6, 6.07) is 6.91. The Kier molecular flexibility index (Phi) is 7.64. The Hall–Kier alpha value is -1.67. The Morgan fingerprint density at radius 3 is 2.92 bits per heavy atom. The minimum Gasteiger partial charge on any atom is -0.383 e. The van der Waals surface area contributed by atoms with Crippen LogP contribution in [0.25, 0.3) is 0 Å². The van der Waals surface area contributed by atoms with Gasteiger partial charge in [-0.3, -0.25) is 15.0 Å². The highest BCUT2D eigenvalue weighted by Crippen LogP contribution is 2.28. The van der Waals surface area contributed by atoms with E-state index in [2.05, 4.69) is 16.0 Å². The topological polar surface area (TPSA) is 82.7 Å². The quantitative estimate of drug-likeness (QED) is 0.701. The number of hydrogen-bond donors (Lipinski definition) is 3. The number of benzene rings is 1. The van der Waals surface area contributed by atoms with E-state index in [9.17, 15) is 9.59 Å². The number of ether oxygens (including phenoxy) is 1. The summed E-state index contributed by atoms with van der Waals surface area (Å²) in [6.07, 6.45) is 0. The molecule has 1 aliphatic heterocycles. The van der Waals surface area contributed by atoms with Crippen LogP contribution in [0.5, 0.6) is 0 Å². The van der Waals surface area contributed by atoms with Gasteiger partial charge in [0.05, 0.1) is 19.2 Å². The molecule has 0 aliphatic carbocycles. The zero-order valence-corrected chi connectivity index (χ0v) is 15.3. The summed E-state index contributed by atoms with van der Waals surface area (Å²) < 4.78 is 4.95. The van der Waals surface area contributed by atoms with Gasteiger partial charge in [-0.15, -0.1) is 0 Å². The van der Waals surface area contributed by atoms with Crippen molar-refractivity contribution >= 4 is 23.5 Å². The number of carbonyl (C=O) groups is 2. The molecular formula is C17H25ClN4O3. The fourth-order valence-electron chi connectivity index (χ4n) is 2.89. The van der Waals surface area contributed by atoms with Gasteiger partial charge >= 0.3 is 6.03 Å². The number of urea groups is 1. The Morgan fingerprint density at radius 2 is 2.20 bits per heavy atom. The monoisotopic (exact) mass is 368 g/mol. The van der Waals surface area contributed by atoms with Gasteiger partial charge in [0.15, 0.2) is 0 Å². The van der Waals surface area contributed by atoms with Crippen LogP contribution >= 0.6 is 11.6 Å². The zero-order chi connectivity index (χ0) is 18.2. The molecule has 138 valence electrons. The molecule has 1 fully saturated rings. The fraction of sp³-hybridized carbons (Fsp3) is 0.529. The number of nitrogens with one attached hydrogen (secondary N) is 3. The standard InChI is InChI=1S/C17H25ClN4O3/c1-12(11-25-2)20-17(24)21-16(23)10-22-8-7-19-9-15(22)13-5-3-4-6-14(13)18/h3-6,12,15,19H,7-11H2,1-2H3,(H2,20,21,23,24). The van der Waals surface area contributed by atoms with Gasteiger partial charge in [0.1, 0.15) is 0 Å². The highest BCUT2D eigenvalue weighted by atomic mass is 35.5. The van der Waals surface area contributed by atoms with E-state index in [0.29, 0.717) is 24.7 Å². The third kappa shape index (κ3) is 5.97. The molecule has 1 aliphatic rings. The Balaban J connectivity index is 1.93. The number of piperazine rings is 1. The number of methoxy groups -OCH3 is 1.